The van der Waals surface area contributed by atoms with Gasteiger partial charge in [0.1, 0.15) is 5.82 Å². The average Bonchev–Trinajstić information content (AvgIpc) is 2.43. The molecular weight excluding hydrogens is 291 g/mol. The maximum absolute atomic E-state index is 13.5. The molecule has 0 spiro atoms. The molecule has 0 bridgehead atoms. The number of halogens is 2. The number of hydrogen-bond donors (Lipinski definition) is 2. The molecule has 0 aromatic heterocycles. The molecule has 0 heterocycles. The topological polar surface area (TPSA) is 41.1 Å². The molecule has 0 aliphatic carbocycles. The van der Waals surface area contributed by atoms with Crippen molar-refractivity contribution in [3.05, 3.63) is 58.4 Å². The highest BCUT2D eigenvalue weighted by Crippen LogP contribution is 2.21. The first-order valence-corrected chi connectivity index (χ1v) is 6.89. The average molecular weight is 307 g/mol. The SMILES string of the molecule is CC(=O)Nc1cc(NCc2ccc(C)c(Cl)c2)ccc1F. The minimum Gasteiger partial charge on any atom is -0.381 e. The monoisotopic (exact) mass is 306 g/mol. The molecule has 0 aliphatic rings. The van der Waals surface area contributed by atoms with Crippen LogP contribution in [-0.4, -0.2) is 5.91 Å². The number of carbonyl (C=O) groups is 1. The van der Waals surface area contributed by atoms with Gasteiger partial charge in [-0.15, -0.1) is 0 Å². The van der Waals surface area contributed by atoms with E-state index in [1.54, 1.807) is 12.1 Å². The zero-order valence-corrected chi connectivity index (χ0v) is 12.6. The second-order valence-corrected chi connectivity index (χ2v) is 5.22. The maximum Gasteiger partial charge on any atom is 0.221 e. The summed E-state index contributed by atoms with van der Waals surface area (Å²) in [6.45, 7) is 3.85. The third-order valence-corrected chi connectivity index (χ3v) is 3.42. The highest BCUT2D eigenvalue weighted by atomic mass is 35.5. The molecule has 0 saturated carbocycles. The largest absolute Gasteiger partial charge is 0.381 e. The van der Waals surface area contributed by atoms with Crippen LogP contribution in [0.5, 0.6) is 0 Å². The zero-order valence-electron chi connectivity index (χ0n) is 11.8. The Kier molecular flexibility index (Phi) is 4.81. The fraction of sp³-hybridized carbons (Fsp3) is 0.188. The molecular formula is C16H16ClFN2O. The van der Waals surface area contributed by atoms with E-state index >= 15 is 0 Å². The second-order valence-electron chi connectivity index (χ2n) is 4.81. The fourth-order valence-corrected chi connectivity index (χ4v) is 2.07. The Hall–Kier alpha value is -2.07. The number of hydrogen-bond acceptors (Lipinski definition) is 2. The number of benzene rings is 2. The lowest BCUT2D eigenvalue weighted by molar-refractivity contribution is -0.114. The quantitative estimate of drug-likeness (QED) is 0.881. The molecule has 0 fully saturated rings. The van der Waals surface area contributed by atoms with Crippen molar-refractivity contribution in [2.45, 2.75) is 20.4 Å². The summed E-state index contributed by atoms with van der Waals surface area (Å²) < 4.78 is 13.5. The Morgan fingerprint density at radius 2 is 2.00 bits per heavy atom. The van der Waals surface area contributed by atoms with E-state index in [2.05, 4.69) is 10.6 Å². The molecule has 2 N–H and O–H groups in total. The summed E-state index contributed by atoms with van der Waals surface area (Å²) in [4.78, 5) is 11.0. The van der Waals surface area contributed by atoms with Crippen LogP contribution in [0.25, 0.3) is 0 Å². The number of aryl methyl sites for hydroxylation is 1. The third-order valence-electron chi connectivity index (χ3n) is 3.01. The molecule has 0 unspecified atom stereocenters. The van der Waals surface area contributed by atoms with Gasteiger partial charge in [-0.25, -0.2) is 4.39 Å². The second kappa shape index (κ2) is 6.59. The summed E-state index contributed by atoms with van der Waals surface area (Å²) in [5, 5.41) is 6.34. The Labute approximate surface area is 128 Å². The van der Waals surface area contributed by atoms with Gasteiger partial charge in [0.2, 0.25) is 5.91 Å². The van der Waals surface area contributed by atoms with Crippen LogP contribution in [0.15, 0.2) is 36.4 Å². The summed E-state index contributed by atoms with van der Waals surface area (Å²) >= 11 is 6.07. The van der Waals surface area contributed by atoms with Crippen LogP contribution in [0.1, 0.15) is 18.1 Å². The molecule has 5 heteroatoms. The fourth-order valence-electron chi connectivity index (χ4n) is 1.87. The van der Waals surface area contributed by atoms with Gasteiger partial charge < -0.3 is 10.6 Å². The van der Waals surface area contributed by atoms with Gasteiger partial charge in [-0.2, -0.15) is 0 Å². The van der Waals surface area contributed by atoms with Crippen molar-refractivity contribution in [3.63, 3.8) is 0 Å². The Morgan fingerprint density at radius 3 is 2.67 bits per heavy atom. The summed E-state index contributed by atoms with van der Waals surface area (Å²) in [5.41, 5.74) is 2.93. The number of rotatable bonds is 4. The minimum absolute atomic E-state index is 0.162. The third kappa shape index (κ3) is 4.20. The van der Waals surface area contributed by atoms with Crippen LogP contribution in [0, 0.1) is 12.7 Å². The van der Waals surface area contributed by atoms with E-state index in [0.717, 1.165) is 16.8 Å². The lowest BCUT2D eigenvalue weighted by Gasteiger charge is -2.10. The van der Waals surface area contributed by atoms with Crippen LogP contribution >= 0.6 is 11.6 Å². The lowest BCUT2D eigenvalue weighted by atomic mass is 10.1. The Balaban J connectivity index is 2.09. The van der Waals surface area contributed by atoms with Crippen LogP contribution in [0.3, 0.4) is 0 Å². The number of anilines is 2. The summed E-state index contributed by atoms with van der Waals surface area (Å²) in [5.74, 6) is -0.773. The van der Waals surface area contributed by atoms with Crippen LogP contribution in [0.2, 0.25) is 5.02 Å². The van der Waals surface area contributed by atoms with E-state index in [4.69, 9.17) is 11.6 Å². The molecule has 0 saturated heterocycles. The van der Waals surface area contributed by atoms with Crippen molar-refractivity contribution in [1.29, 1.82) is 0 Å². The molecule has 2 aromatic rings. The Bertz CT molecular complexity index is 673. The van der Waals surface area contributed by atoms with Gasteiger partial charge in [-0.1, -0.05) is 23.7 Å². The highest BCUT2D eigenvalue weighted by molar-refractivity contribution is 6.31. The van der Waals surface area contributed by atoms with Crippen LogP contribution in [0.4, 0.5) is 15.8 Å². The van der Waals surface area contributed by atoms with E-state index in [-0.39, 0.29) is 11.6 Å². The molecule has 21 heavy (non-hydrogen) atoms. The number of carbonyl (C=O) groups excluding carboxylic acids is 1. The predicted octanol–water partition coefficient (Wildman–Crippen LogP) is 4.36. The van der Waals surface area contributed by atoms with Crippen molar-refractivity contribution in [3.8, 4) is 0 Å². The van der Waals surface area contributed by atoms with E-state index in [1.165, 1.54) is 13.0 Å². The molecule has 2 rings (SSSR count). The lowest BCUT2D eigenvalue weighted by Crippen LogP contribution is -2.08. The maximum atomic E-state index is 13.5. The molecule has 2 aromatic carbocycles. The van der Waals surface area contributed by atoms with E-state index < -0.39 is 5.82 Å². The van der Waals surface area contributed by atoms with Gasteiger partial charge in [0.05, 0.1) is 5.69 Å². The standard InChI is InChI=1S/C16H16ClFN2O/c1-10-3-4-12(7-14(10)17)9-19-13-5-6-15(18)16(8-13)20-11(2)21/h3-8,19H,9H2,1-2H3,(H,20,21). The molecule has 110 valence electrons. The van der Waals surface area contributed by atoms with Crippen molar-refractivity contribution in [1.82, 2.24) is 0 Å². The number of nitrogens with one attached hydrogen (secondary N) is 2. The van der Waals surface area contributed by atoms with Crippen molar-refractivity contribution in [2.24, 2.45) is 0 Å². The smallest absolute Gasteiger partial charge is 0.221 e. The first kappa shape index (κ1) is 15.3. The van der Waals surface area contributed by atoms with Crippen LogP contribution in [-0.2, 0) is 11.3 Å². The van der Waals surface area contributed by atoms with E-state index in [1.807, 2.05) is 25.1 Å². The van der Waals surface area contributed by atoms with Crippen molar-refractivity contribution in [2.75, 3.05) is 10.6 Å². The van der Waals surface area contributed by atoms with Gasteiger partial charge in [0.25, 0.3) is 0 Å². The first-order chi connectivity index (χ1) is 9.95. The summed E-state index contributed by atoms with van der Waals surface area (Å²) in [7, 11) is 0. The molecule has 0 radical (unpaired) electrons. The van der Waals surface area contributed by atoms with Crippen molar-refractivity contribution < 1.29 is 9.18 Å². The zero-order chi connectivity index (χ0) is 15.4. The van der Waals surface area contributed by atoms with Gasteiger partial charge in [-0.05, 0) is 42.3 Å². The predicted molar refractivity (Wildman–Crippen MR) is 84.2 cm³/mol. The van der Waals surface area contributed by atoms with Crippen LogP contribution < -0.4 is 10.6 Å². The van der Waals surface area contributed by atoms with E-state index in [9.17, 15) is 9.18 Å². The Morgan fingerprint density at radius 1 is 1.24 bits per heavy atom. The van der Waals surface area contributed by atoms with Crippen molar-refractivity contribution >= 4 is 28.9 Å². The summed E-state index contributed by atoms with van der Waals surface area (Å²) in [6, 6.07) is 10.3. The molecule has 1 amide bonds. The highest BCUT2D eigenvalue weighted by Gasteiger charge is 2.05. The van der Waals surface area contributed by atoms with E-state index in [0.29, 0.717) is 11.6 Å². The molecule has 0 aliphatic heterocycles. The molecule has 3 nitrogen and oxygen atoms in total. The van der Waals surface area contributed by atoms with Gasteiger partial charge in [0.15, 0.2) is 0 Å². The number of amides is 1. The molecule has 0 atom stereocenters. The summed E-state index contributed by atoms with van der Waals surface area (Å²) in [6.07, 6.45) is 0. The first-order valence-electron chi connectivity index (χ1n) is 6.52. The van der Waals surface area contributed by atoms with Gasteiger partial charge in [0, 0.05) is 24.2 Å². The minimum atomic E-state index is -0.464. The normalized spacial score (nSPS) is 10.3. The van der Waals surface area contributed by atoms with Gasteiger partial charge >= 0.3 is 0 Å². The van der Waals surface area contributed by atoms with Gasteiger partial charge in [-0.3, -0.25) is 4.79 Å².